The van der Waals surface area contributed by atoms with E-state index in [1.54, 1.807) is 0 Å². The highest BCUT2D eigenvalue weighted by Gasteiger charge is 2.29. The molecule has 2 unspecified atom stereocenters. The van der Waals surface area contributed by atoms with E-state index in [2.05, 4.69) is 11.6 Å². The van der Waals surface area contributed by atoms with Crippen molar-refractivity contribution in [1.29, 1.82) is 0 Å². The molecule has 3 nitrogen and oxygen atoms in total. The average molecular weight is 286 g/mol. The van der Waals surface area contributed by atoms with Gasteiger partial charge in [-0.3, -0.25) is 4.79 Å². The maximum Gasteiger partial charge on any atom is 0.223 e. The van der Waals surface area contributed by atoms with E-state index in [4.69, 9.17) is 5.73 Å². The monoisotopic (exact) mass is 286 g/mol. The first-order chi connectivity index (χ1) is 9.29. The van der Waals surface area contributed by atoms with Crippen LogP contribution in [0, 0.1) is 11.8 Å². The lowest BCUT2D eigenvalue weighted by Crippen LogP contribution is -2.39. The van der Waals surface area contributed by atoms with Crippen LogP contribution in [0.3, 0.4) is 0 Å². The molecule has 4 heteroatoms. The molecule has 1 saturated carbocycles. The summed E-state index contributed by atoms with van der Waals surface area (Å²) in [5, 5.41) is 3.11. The van der Waals surface area contributed by atoms with E-state index in [0.29, 0.717) is 12.5 Å². The van der Waals surface area contributed by atoms with Crippen molar-refractivity contribution < 1.29 is 4.79 Å². The van der Waals surface area contributed by atoms with Crippen molar-refractivity contribution in [2.24, 2.45) is 17.6 Å². The van der Waals surface area contributed by atoms with Gasteiger partial charge in [-0.05, 0) is 50.2 Å². The number of unbranched alkanes of at least 4 members (excludes halogenated alkanes) is 3. The largest absolute Gasteiger partial charge is 0.356 e. The predicted molar refractivity (Wildman–Crippen MR) is 84.4 cm³/mol. The molecule has 1 amide bonds. The number of hydrogen-bond acceptors (Lipinski definition) is 3. The molecule has 1 fully saturated rings. The minimum absolute atomic E-state index is 0.176. The van der Waals surface area contributed by atoms with Crippen LogP contribution in [-0.4, -0.2) is 31.0 Å². The van der Waals surface area contributed by atoms with Crippen molar-refractivity contribution in [3.8, 4) is 0 Å². The topological polar surface area (TPSA) is 55.1 Å². The number of carbonyl (C=O) groups is 1. The summed E-state index contributed by atoms with van der Waals surface area (Å²) in [4.78, 5) is 12.1. The first kappa shape index (κ1) is 16.8. The smallest absolute Gasteiger partial charge is 0.223 e. The highest BCUT2D eigenvalue weighted by atomic mass is 32.2. The van der Waals surface area contributed by atoms with E-state index in [1.165, 1.54) is 37.9 Å². The minimum atomic E-state index is 0.176. The van der Waals surface area contributed by atoms with E-state index in [9.17, 15) is 4.79 Å². The molecule has 0 aromatic heterocycles. The Morgan fingerprint density at radius 2 is 1.95 bits per heavy atom. The summed E-state index contributed by atoms with van der Waals surface area (Å²) in [5.41, 5.74) is 5.77. The van der Waals surface area contributed by atoms with Crippen LogP contribution in [0.25, 0.3) is 0 Å². The number of carbonyl (C=O) groups excluding carboxylic acids is 1. The molecule has 0 heterocycles. The summed E-state index contributed by atoms with van der Waals surface area (Å²) in [6.07, 6.45) is 11.7. The van der Waals surface area contributed by atoms with Crippen molar-refractivity contribution in [2.75, 3.05) is 25.1 Å². The van der Waals surface area contributed by atoms with Gasteiger partial charge in [0.05, 0.1) is 0 Å². The number of nitrogens with two attached hydrogens (primary N) is 1. The summed E-state index contributed by atoms with van der Waals surface area (Å²) in [5.74, 6) is 2.09. The Morgan fingerprint density at radius 3 is 2.68 bits per heavy atom. The van der Waals surface area contributed by atoms with Crippen LogP contribution >= 0.6 is 11.8 Å². The number of amides is 1. The number of hydrogen-bond donors (Lipinski definition) is 2. The van der Waals surface area contributed by atoms with E-state index in [-0.39, 0.29) is 11.8 Å². The standard InChI is InChI=1S/C15H30N2OS/c1-19-11-7-3-2-6-10-17-15(18)14-9-5-4-8-13(14)12-16/h13-14H,2-12,16H2,1H3,(H,17,18). The molecule has 0 aromatic carbocycles. The molecule has 0 aliphatic heterocycles. The third-order valence-electron chi connectivity index (χ3n) is 4.12. The number of rotatable bonds is 9. The Bertz CT molecular complexity index is 248. The maximum atomic E-state index is 12.1. The van der Waals surface area contributed by atoms with Crippen LogP contribution in [0.1, 0.15) is 51.4 Å². The zero-order valence-corrected chi connectivity index (χ0v) is 13.1. The fourth-order valence-electron chi connectivity index (χ4n) is 2.90. The molecule has 0 saturated heterocycles. The molecule has 19 heavy (non-hydrogen) atoms. The normalized spacial score (nSPS) is 23.3. The van der Waals surface area contributed by atoms with Gasteiger partial charge in [-0.2, -0.15) is 11.8 Å². The maximum absolute atomic E-state index is 12.1. The van der Waals surface area contributed by atoms with Crippen LogP contribution in [0.15, 0.2) is 0 Å². The van der Waals surface area contributed by atoms with Crippen LogP contribution in [-0.2, 0) is 4.79 Å². The van der Waals surface area contributed by atoms with E-state index in [1.807, 2.05) is 11.8 Å². The average Bonchev–Trinajstić information content (AvgIpc) is 2.46. The van der Waals surface area contributed by atoms with Gasteiger partial charge in [0, 0.05) is 12.5 Å². The van der Waals surface area contributed by atoms with Crippen molar-refractivity contribution in [3.63, 3.8) is 0 Å². The highest BCUT2D eigenvalue weighted by molar-refractivity contribution is 7.98. The van der Waals surface area contributed by atoms with Gasteiger partial charge in [-0.25, -0.2) is 0 Å². The highest BCUT2D eigenvalue weighted by Crippen LogP contribution is 2.29. The lowest BCUT2D eigenvalue weighted by Gasteiger charge is -2.29. The number of nitrogens with one attached hydrogen (secondary N) is 1. The van der Waals surface area contributed by atoms with Gasteiger partial charge in [0.1, 0.15) is 0 Å². The third kappa shape index (κ3) is 6.66. The minimum Gasteiger partial charge on any atom is -0.356 e. The van der Waals surface area contributed by atoms with E-state index >= 15 is 0 Å². The molecule has 112 valence electrons. The molecule has 0 radical (unpaired) electrons. The molecular weight excluding hydrogens is 256 g/mol. The summed E-state index contributed by atoms with van der Waals surface area (Å²) >= 11 is 1.91. The SMILES string of the molecule is CSCCCCCCNC(=O)C1CCCCC1CN. The van der Waals surface area contributed by atoms with Crippen molar-refractivity contribution >= 4 is 17.7 Å². The van der Waals surface area contributed by atoms with Gasteiger partial charge in [0.2, 0.25) is 5.91 Å². The Labute approximate surface area is 122 Å². The Hall–Kier alpha value is -0.220. The zero-order valence-electron chi connectivity index (χ0n) is 12.3. The summed E-state index contributed by atoms with van der Waals surface area (Å²) in [6.45, 7) is 1.50. The van der Waals surface area contributed by atoms with Crippen LogP contribution in [0.4, 0.5) is 0 Å². The van der Waals surface area contributed by atoms with Crippen molar-refractivity contribution in [3.05, 3.63) is 0 Å². The van der Waals surface area contributed by atoms with Crippen molar-refractivity contribution in [1.82, 2.24) is 5.32 Å². The Kier molecular flexibility index (Phi) is 9.35. The zero-order chi connectivity index (χ0) is 13.9. The van der Waals surface area contributed by atoms with E-state index < -0.39 is 0 Å². The summed E-state index contributed by atoms with van der Waals surface area (Å²) in [7, 11) is 0. The summed E-state index contributed by atoms with van der Waals surface area (Å²) in [6, 6.07) is 0. The fourth-order valence-corrected chi connectivity index (χ4v) is 3.40. The van der Waals surface area contributed by atoms with Gasteiger partial charge in [-0.1, -0.05) is 25.7 Å². The quantitative estimate of drug-likeness (QED) is 0.641. The van der Waals surface area contributed by atoms with Gasteiger partial charge >= 0.3 is 0 Å². The first-order valence-corrected chi connectivity index (χ1v) is 9.15. The molecule has 3 N–H and O–H groups in total. The Morgan fingerprint density at radius 1 is 1.21 bits per heavy atom. The second kappa shape index (κ2) is 10.6. The lowest BCUT2D eigenvalue weighted by molar-refractivity contribution is -0.127. The Balaban J connectivity index is 2.09. The third-order valence-corrected chi connectivity index (χ3v) is 4.82. The number of thioether (sulfide) groups is 1. The van der Waals surface area contributed by atoms with Gasteiger partial charge in [0.15, 0.2) is 0 Å². The van der Waals surface area contributed by atoms with Gasteiger partial charge < -0.3 is 11.1 Å². The molecule has 0 bridgehead atoms. The predicted octanol–water partition coefficient (Wildman–Crippen LogP) is 2.79. The molecule has 2 atom stereocenters. The van der Waals surface area contributed by atoms with Crippen LogP contribution in [0.5, 0.6) is 0 Å². The molecular formula is C15H30N2OS. The molecule has 0 aromatic rings. The molecule has 1 rings (SSSR count). The van der Waals surface area contributed by atoms with Crippen molar-refractivity contribution in [2.45, 2.75) is 51.4 Å². The summed E-state index contributed by atoms with van der Waals surface area (Å²) < 4.78 is 0. The van der Waals surface area contributed by atoms with Gasteiger partial charge in [0.25, 0.3) is 0 Å². The first-order valence-electron chi connectivity index (χ1n) is 7.76. The fraction of sp³-hybridized carbons (Fsp3) is 0.933. The lowest BCUT2D eigenvalue weighted by atomic mass is 9.79. The van der Waals surface area contributed by atoms with E-state index in [0.717, 1.165) is 25.8 Å². The molecule has 1 aliphatic carbocycles. The molecule has 0 spiro atoms. The second-order valence-corrected chi connectivity index (χ2v) is 6.57. The molecule has 1 aliphatic rings. The second-order valence-electron chi connectivity index (χ2n) is 5.58. The van der Waals surface area contributed by atoms with Crippen LogP contribution in [0.2, 0.25) is 0 Å². The van der Waals surface area contributed by atoms with Crippen LogP contribution < -0.4 is 11.1 Å². The van der Waals surface area contributed by atoms with Gasteiger partial charge in [-0.15, -0.1) is 0 Å².